The summed E-state index contributed by atoms with van der Waals surface area (Å²) in [6, 6.07) is 1.35. The van der Waals surface area contributed by atoms with Crippen LogP contribution in [0.2, 0.25) is 10.0 Å². The van der Waals surface area contributed by atoms with Crippen LogP contribution in [-0.2, 0) is 13.6 Å². The summed E-state index contributed by atoms with van der Waals surface area (Å²) in [5.41, 5.74) is -0.167. The quantitative estimate of drug-likeness (QED) is 0.850. The van der Waals surface area contributed by atoms with Gasteiger partial charge in [-0.2, -0.15) is 0 Å². The molecule has 2 aromatic rings. The van der Waals surface area contributed by atoms with Gasteiger partial charge in [-0.05, 0) is 19.0 Å². The molecule has 0 radical (unpaired) electrons. The van der Waals surface area contributed by atoms with E-state index in [1.807, 2.05) is 6.92 Å². The molecule has 0 aliphatic carbocycles. The first-order chi connectivity index (χ1) is 9.47. The largest absolute Gasteiger partial charge is 0.504 e. The molecule has 0 unspecified atom stereocenters. The zero-order chi connectivity index (χ0) is 14.9. The van der Waals surface area contributed by atoms with Gasteiger partial charge in [0.1, 0.15) is 11.3 Å². The van der Waals surface area contributed by atoms with Gasteiger partial charge in [0.25, 0.3) is 5.56 Å². The third kappa shape index (κ3) is 2.61. The normalized spacial score (nSPS) is 11.2. The average Bonchev–Trinajstić information content (AvgIpc) is 2.41. The van der Waals surface area contributed by atoms with Crippen LogP contribution in [0.25, 0.3) is 10.9 Å². The molecule has 0 amide bonds. The van der Waals surface area contributed by atoms with E-state index >= 15 is 0 Å². The lowest BCUT2D eigenvalue weighted by Gasteiger charge is -2.12. The van der Waals surface area contributed by atoms with Gasteiger partial charge in [0, 0.05) is 7.05 Å². The fourth-order valence-electron chi connectivity index (χ4n) is 1.93. The molecular weight excluding hydrogens is 301 g/mol. The highest BCUT2D eigenvalue weighted by Gasteiger charge is 2.16. The molecule has 1 heterocycles. The number of benzene rings is 1. The lowest BCUT2D eigenvalue weighted by atomic mass is 10.2. The van der Waals surface area contributed by atoms with Crippen LogP contribution < -0.4 is 10.9 Å². The van der Waals surface area contributed by atoms with Crippen LogP contribution in [0.5, 0.6) is 5.75 Å². The molecule has 0 bridgehead atoms. The number of fused-ring (bicyclic) bond motifs is 1. The number of nitrogens with zero attached hydrogens (tertiary/aromatic N) is 2. The zero-order valence-corrected chi connectivity index (χ0v) is 12.7. The summed E-state index contributed by atoms with van der Waals surface area (Å²) >= 11 is 11.9. The van der Waals surface area contributed by atoms with E-state index in [0.717, 1.165) is 13.0 Å². The minimum atomic E-state index is -0.305. The number of rotatable bonds is 4. The van der Waals surface area contributed by atoms with Crippen molar-refractivity contribution in [1.82, 2.24) is 14.9 Å². The van der Waals surface area contributed by atoms with Gasteiger partial charge in [0.2, 0.25) is 0 Å². The molecular formula is C13H15Cl2N3O2. The maximum absolute atomic E-state index is 12.3. The number of phenolic OH excluding ortho intramolecular Hbond substituents is 1. The van der Waals surface area contributed by atoms with E-state index < -0.39 is 0 Å². The maximum Gasteiger partial charge on any atom is 0.262 e. The molecule has 108 valence electrons. The van der Waals surface area contributed by atoms with Crippen molar-refractivity contribution in [3.63, 3.8) is 0 Å². The topological polar surface area (TPSA) is 67.2 Å². The first kappa shape index (κ1) is 15.1. The molecule has 2 rings (SSSR count). The van der Waals surface area contributed by atoms with Crippen molar-refractivity contribution in [1.29, 1.82) is 0 Å². The van der Waals surface area contributed by atoms with E-state index in [9.17, 15) is 9.90 Å². The van der Waals surface area contributed by atoms with Gasteiger partial charge < -0.3 is 10.4 Å². The number of hydrogen-bond acceptors (Lipinski definition) is 4. The van der Waals surface area contributed by atoms with Gasteiger partial charge in [-0.25, -0.2) is 4.98 Å². The first-order valence-corrected chi connectivity index (χ1v) is 7.00. The molecule has 0 atom stereocenters. The van der Waals surface area contributed by atoms with E-state index in [4.69, 9.17) is 23.2 Å². The fraction of sp³-hybridized carbons (Fsp3) is 0.385. The van der Waals surface area contributed by atoms with Crippen molar-refractivity contribution in [2.45, 2.75) is 19.9 Å². The van der Waals surface area contributed by atoms with Crippen LogP contribution in [0, 0.1) is 0 Å². The second-order valence-electron chi connectivity index (χ2n) is 4.48. The number of nitrogens with one attached hydrogen (secondary N) is 1. The molecule has 0 spiro atoms. The molecule has 1 aromatic heterocycles. The highest BCUT2D eigenvalue weighted by atomic mass is 35.5. The predicted molar refractivity (Wildman–Crippen MR) is 80.7 cm³/mol. The zero-order valence-electron chi connectivity index (χ0n) is 11.2. The highest BCUT2D eigenvalue weighted by molar-refractivity contribution is 6.39. The minimum absolute atomic E-state index is 0.0794. The van der Waals surface area contributed by atoms with E-state index in [1.54, 1.807) is 7.05 Å². The van der Waals surface area contributed by atoms with Gasteiger partial charge in [-0.15, -0.1) is 0 Å². The van der Waals surface area contributed by atoms with E-state index in [-0.39, 0.29) is 32.3 Å². The third-order valence-corrected chi connectivity index (χ3v) is 3.62. The third-order valence-electron chi connectivity index (χ3n) is 3.04. The van der Waals surface area contributed by atoms with E-state index in [0.29, 0.717) is 12.4 Å². The molecule has 0 saturated carbocycles. The second kappa shape index (κ2) is 5.99. The predicted octanol–water partition coefficient (Wildman–Crippen LogP) is 2.45. The molecule has 0 aliphatic heterocycles. The summed E-state index contributed by atoms with van der Waals surface area (Å²) in [7, 11) is 1.62. The standard InChI is InChI=1S/C13H15Cl2N3O2/c1-3-4-16-6-9-17-11-10(13(20)18(9)2)7(14)5-8(15)12(11)19/h5,16,19H,3-4,6H2,1-2H3. The van der Waals surface area contributed by atoms with Crippen molar-refractivity contribution in [3.8, 4) is 5.75 Å². The Hall–Kier alpha value is -1.30. The Morgan fingerprint density at radius 1 is 1.40 bits per heavy atom. The fourth-order valence-corrected chi connectivity index (χ4v) is 2.47. The Morgan fingerprint density at radius 3 is 2.75 bits per heavy atom. The van der Waals surface area contributed by atoms with Crippen molar-refractivity contribution in [2.24, 2.45) is 7.05 Å². The molecule has 0 saturated heterocycles. The summed E-state index contributed by atoms with van der Waals surface area (Å²) in [4.78, 5) is 16.6. The van der Waals surface area contributed by atoms with Crippen LogP contribution in [-0.4, -0.2) is 21.2 Å². The molecule has 0 aliphatic rings. The molecule has 7 heteroatoms. The Bertz CT molecular complexity index is 713. The smallest absolute Gasteiger partial charge is 0.262 e. The number of aromatic hydroxyl groups is 1. The first-order valence-electron chi connectivity index (χ1n) is 6.24. The molecule has 2 N–H and O–H groups in total. The SMILES string of the molecule is CCCNCc1nc2c(O)c(Cl)cc(Cl)c2c(=O)n1C. The summed E-state index contributed by atoms with van der Waals surface area (Å²) in [6.07, 6.45) is 0.977. The number of halogens is 2. The Balaban J connectivity index is 2.66. The molecule has 5 nitrogen and oxygen atoms in total. The molecule has 20 heavy (non-hydrogen) atoms. The van der Waals surface area contributed by atoms with Crippen molar-refractivity contribution < 1.29 is 5.11 Å². The van der Waals surface area contributed by atoms with Gasteiger partial charge in [0.15, 0.2) is 5.75 Å². The van der Waals surface area contributed by atoms with E-state index in [1.165, 1.54) is 10.6 Å². The highest BCUT2D eigenvalue weighted by Crippen LogP contribution is 2.34. The van der Waals surface area contributed by atoms with Crippen LogP contribution >= 0.6 is 23.2 Å². The summed E-state index contributed by atoms with van der Waals surface area (Å²) < 4.78 is 1.42. The summed E-state index contributed by atoms with van der Waals surface area (Å²) in [5.74, 6) is 0.296. The van der Waals surface area contributed by atoms with Crippen molar-refractivity contribution in [2.75, 3.05) is 6.54 Å². The van der Waals surface area contributed by atoms with Gasteiger partial charge >= 0.3 is 0 Å². The lowest BCUT2D eigenvalue weighted by Crippen LogP contribution is -2.27. The monoisotopic (exact) mass is 315 g/mol. The Labute approximate surface area is 126 Å². The second-order valence-corrected chi connectivity index (χ2v) is 5.30. The lowest BCUT2D eigenvalue weighted by molar-refractivity contribution is 0.479. The molecule has 1 aromatic carbocycles. The van der Waals surface area contributed by atoms with Gasteiger partial charge in [-0.3, -0.25) is 9.36 Å². The van der Waals surface area contributed by atoms with Crippen LogP contribution in [0.15, 0.2) is 10.9 Å². The summed E-state index contributed by atoms with van der Waals surface area (Å²) in [5, 5.41) is 13.6. The van der Waals surface area contributed by atoms with Crippen LogP contribution in [0.4, 0.5) is 0 Å². The van der Waals surface area contributed by atoms with Crippen LogP contribution in [0.3, 0.4) is 0 Å². The average molecular weight is 316 g/mol. The van der Waals surface area contributed by atoms with Gasteiger partial charge in [-0.1, -0.05) is 30.1 Å². The van der Waals surface area contributed by atoms with Crippen LogP contribution in [0.1, 0.15) is 19.2 Å². The Morgan fingerprint density at radius 2 is 2.10 bits per heavy atom. The number of hydrogen-bond donors (Lipinski definition) is 2. The minimum Gasteiger partial charge on any atom is -0.504 e. The molecule has 0 fully saturated rings. The number of phenols is 1. The van der Waals surface area contributed by atoms with Crippen molar-refractivity contribution in [3.05, 3.63) is 32.3 Å². The maximum atomic E-state index is 12.3. The Kier molecular flexibility index (Phi) is 4.52. The summed E-state index contributed by atoms with van der Waals surface area (Å²) in [6.45, 7) is 3.29. The van der Waals surface area contributed by atoms with Gasteiger partial charge in [0.05, 0.1) is 22.0 Å². The number of aromatic nitrogens is 2. The van der Waals surface area contributed by atoms with Crippen molar-refractivity contribution >= 4 is 34.1 Å². The van der Waals surface area contributed by atoms with E-state index in [2.05, 4.69) is 10.3 Å².